The molecule has 0 radical (unpaired) electrons. The molecule has 1 aromatic heterocycles. The fourth-order valence-corrected chi connectivity index (χ4v) is 4.04. The zero-order valence-corrected chi connectivity index (χ0v) is 16.4. The molecule has 0 spiro atoms. The summed E-state index contributed by atoms with van der Waals surface area (Å²) in [6.45, 7) is 2.03. The lowest BCUT2D eigenvalue weighted by molar-refractivity contribution is -0.121. The van der Waals surface area contributed by atoms with Crippen molar-refractivity contribution in [1.82, 2.24) is 14.8 Å². The number of hydrogen-bond acceptors (Lipinski definition) is 5. The van der Waals surface area contributed by atoms with Gasteiger partial charge in [-0.05, 0) is 36.6 Å². The average molecular weight is 405 g/mol. The summed E-state index contributed by atoms with van der Waals surface area (Å²) in [6, 6.07) is 14.3. The molecule has 2 aliphatic rings. The molecule has 2 amide bonds. The van der Waals surface area contributed by atoms with Gasteiger partial charge >= 0.3 is 0 Å². The molecule has 8 heteroatoms. The molecule has 0 aliphatic carbocycles. The lowest BCUT2D eigenvalue weighted by atomic mass is 9.93. The minimum atomic E-state index is -0.310. The molecule has 30 heavy (non-hydrogen) atoms. The SMILES string of the molecule is Cc1ccc([C@@H]2C[C@H](c3ccc(F)cc3)n3nc(N4C(=O)CCC4=O)nc3N2)cc1. The molecule has 3 heterocycles. The number of aromatic nitrogens is 3. The van der Waals surface area contributed by atoms with Crippen molar-refractivity contribution >= 4 is 23.7 Å². The van der Waals surface area contributed by atoms with Gasteiger partial charge in [-0.3, -0.25) is 9.59 Å². The number of fused-ring (bicyclic) bond motifs is 1. The predicted octanol–water partition coefficient (Wildman–Crippen LogP) is 3.53. The third-order valence-electron chi connectivity index (χ3n) is 5.66. The standard InChI is InChI=1S/C22H20FN5O2/c1-13-2-4-14(5-3-13)17-12-18(15-6-8-16(23)9-7-15)28-21(24-17)25-22(26-28)27-19(29)10-11-20(27)30/h2-9,17-18H,10-12H2,1H3,(H,24,25,26)/t17-,18+/m0/s1. The number of benzene rings is 2. The Bertz CT molecular complexity index is 1110. The first-order chi connectivity index (χ1) is 14.5. The fourth-order valence-electron chi connectivity index (χ4n) is 4.04. The van der Waals surface area contributed by atoms with Crippen LogP contribution < -0.4 is 10.2 Å². The number of hydrogen-bond donors (Lipinski definition) is 1. The molecule has 0 bridgehead atoms. The summed E-state index contributed by atoms with van der Waals surface area (Å²) in [5.41, 5.74) is 3.14. The highest BCUT2D eigenvalue weighted by Crippen LogP contribution is 2.39. The van der Waals surface area contributed by atoms with Crippen LogP contribution in [0.25, 0.3) is 0 Å². The van der Waals surface area contributed by atoms with Gasteiger partial charge in [0.1, 0.15) is 5.82 Å². The van der Waals surface area contributed by atoms with Gasteiger partial charge < -0.3 is 5.32 Å². The van der Waals surface area contributed by atoms with Crippen molar-refractivity contribution < 1.29 is 14.0 Å². The number of imide groups is 1. The van der Waals surface area contributed by atoms with Gasteiger partial charge in [0.2, 0.25) is 17.8 Å². The Hall–Kier alpha value is -3.55. The zero-order valence-electron chi connectivity index (χ0n) is 16.4. The van der Waals surface area contributed by atoms with E-state index in [1.165, 1.54) is 17.7 Å². The van der Waals surface area contributed by atoms with Gasteiger partial charge in [-0.15, -0.1) is 5.10 Å². The minimum Gasteiger partial charge on any atom is -0.347 e. The van der Waals surface area contributed by atoms with Crippen molar-refractivity contribution in [2.45, 2.75) is 38.3 Å². The normalized spacial score (nSPS) is 20.9. The monoisotopic (exact) mass is 405 g/mol. The summed E-state index contributed by atoms with van der Waals surface area (Å²) < 4.78 is 15.2. The highest BCUT2D eigenvalue weighted by atomic mass is 19.1. The number of rotatable bonds is 3. The topological polar surface area (TPSA) is 80.1 Å². The largest absolute Gasteiger partial charge is 0.347 e. The number of carbonyl (C=O) groups excluding carboxylic acids is 2. The maximum Gasteiger partial charge on any atom is 0.260 e. The van der Waals surface area contributed by atoms with E-state index in [9.17, 15) is 14.0 Å². The number of aryl methyl sites for hydroxylation is 1. The molecule has 3 aromatic rings. The second-order valence-electron chi connectivity index (χ2n) is 7.71. The molecule has 152 valence electrons. The summed E-state index contributed by atoms with van der Waals surface area (Å²) in [7, 11) is 0. The smallest absolute Gasteiger partial charge is 0.260 e. The van der Waals surface area contributed by atoms with Crippen molar-refractivity contribution in [1.29, 1.82) is 0 Å². The van der Waals surface area contributed by atoms with Crippen LogP contribution in [-0.4, -0.2) is 26.6 Å². The molecule has 2 aromatic carbocycles. The quantitative estimate of drug-likeness (QED) is 0.675. The Kier molecular flexibility index (Phi) is 4.34. The summed E-state index contributed by atoms with van der Waals surface area (Å²) in [4.78, 5) is 29.8. The molecule has 5 rings (SSSR count). The maximum absolute atomic E-state index is 13.5. The molecule has 7 nitrogen and oxygen atoms in total. The third-order valence-corrected chi connectivity index (χ3v) is 5.66. The van der Waals surface area contributed by atoms with Gasteiger partial charge in [0.15, 0.2) is 0 Å². The summed E-state index contributed by atoms with van der Waals surface area (Å²) >= 11 is 0. The second-order valence-corrected chi connectivity index (χ2v) is 7.71. The van der Waals surface area contributed by atoms with Crippen molar-refractivity contribution in [2.75, 3.05) is 10.2 Å². The molecular formula is C22H20FN5O2. The van der Waals surface area contributed by atoms with Crippen LogP contribution in [0.4, 0.5) is 16.3 Å². The Morgan fingerprint density at radius 3 is 2.27 bits per heavy atom. The third kappa shape index (κ3) is 3.14. The Balaban J connectivity index is 1.57. The number of anilines is 2. The van der Waals surface area contributed by atoms with Crippen molar-refractivity contribution in [2.24, 2.45) is 0 Å². The number of nitrogens with one attached hydrogen (secondary N) is 1. The van der Waals surface area contributed by atoms with Gasteiger partial charge in [-0.25, -0.2) is 14.0 Å². The molecule has 2 aliphatic heterocycles. The zero-order chi connectivity index (χ0) is 20.8. The molecule has 1 fully saturated rings. The van der Waals surface area contributed by atoms with Gasteiger partial charge in [-0.2, -0.15) is 4.98 Å². The van der Waals surface area contributed by atoms with Gasteiger partial charge in [0.25, 0.3) is 5.95 Å². The first-order valence-electron chi connectivity index (χ1n) is 9.90. The molecular weight excluding hydrogens is 385 g/mol. The van der Waals surface area contributed by atoms with Gasteiger partial charge in [-0.1, -0.05) is 42.0 Å². The number of halogens is 1. The first-order valence-corrected chi connectivity index (χ1v) is 9.90. The highest BCUT2D eigenvalue weighted by Gasteiger charge is 2.37. The predicted molar refractivity (Wildman–Crippen MR) is 108 cm³/mol. The van der Waals surface area contributed by atoms with E-state index in [0.717, 1.165) is 16.0 Å². The number of carbonyl (C=O) groups is 2. The molecule has 2 atom stereocenters. The van der Waals surface area contributed by atoms with E-state index in [1.54, 1.807) is 16.8 Å². The minimum absolute atomic E-state index is 0.0461. The lowest BCUT2D eigenvalue weighted by Gasteiger charge is -2.31. The van der Waals surface area contributed by atoms with E-state index in [1.807, 2.05) is 6.92 Å². The van der Waals surface area contributed by atoms with Crippen LogP contribution in [0.1, 0.15) is 48.0 Å². The van der Waals surface area contributed by atoms with Crippen LogP contribution >= 0.6 is 0 Å². The van der Waals surface area contributed by atoms with E-state index in [2.05, 4.69) is 39.7 Å². The molecule has 1 saturated heterocycles. The number of amides is 2. The van der Waals surface area contributed by atoms with Crippen LogP contribution in [0, 0.1) is 12.7 Å². The van der Waals surface area contributed by atoms with Crippen molar-refractivity contribution in [3.8, 4) is 0 Å². The van der Waals surface area contributed by atoms with Crippen LogP contribution in [0.2, 0.25) is 0 Å². The average Bonchev–Trinajstić information content (AvgIpc) is 3.30. The van der Waals surface area contributed by atoms with Crippen molar-refractivity contribution in [3.63, 3.8) is 0 Å². The van der Waals surface area contributed by atoms with E-state index < -0.39 is 0 Å². The Morgan fingerprint density at radius 1 is 0.967 bits per heavy atom. The lowest BCUT2D eigenvalue weighted by Crippen LogP contribution is -2.30. The molecule has 1 N–H and O–H groups in total. The van der Waals surface area contributed by atoms with Crippen LogP contribution in [0.15, 0.2) is 48.5 Å². The van der Waals surface area contributed by atoms with Crippen LogP contribution in [-0.2, 0) is 9.59 Å². The van der Waals surface area contributed by atoms with Crippen molar-refractivity contribution in [3.05, 3.63) is 71.0 Å². The van der Waals surface area contributed by atoms with Crippen LogP contribution in [0.5, 0.6) is 0 Å². The number of nitrogens with zero attached hydrogens (tertiary/aromatic N) is 4. The van der Waals surface area contributed by atoms with E-state index in [0.29, 0.717) is 12.4 Å². The summed E-state index contributed by atoms with van der Waals surface area (Å²) in [5, 5.41) is 7.87. The van der Waals surface area contributed by atoms with E-state index in [-0.39, 0.29) is 48.5 Å². The van der Waals surface area contributed by atoms with Crippen LogP contribution in [0.3, 0.4) is 0 Å². The maximum atomic E-state index is 13.5. The van der Waals surface area contributed by atoms with Gasteiger partial charge in [0.05, 0.1) is 12.1 Å². The van der Waals surface area contributed by atoms with E-state index in [4.69, 9.17) is 0 Å². The second kappa shape index (κ2) is 7.05. The summed E-state index contributed by atoms with van der Waals surface area (Å²) in [6.07, 6.45) is 0.999. The van der Waals surface area contributed by atoms with Gasteiger partial charge in [0, 0.05) is 12.8 Å². The molecule has 0 saturated carbocycles. The van der Waals surface area contributed by atoms with E-state index >= 15 is 0 Å². The molecule has 0 unspecified atom stereocenters. The Labute approximate surface area is 172 Å². The Morgan fingerprint density at radius 2 is 1.60 bits per heavy atom. The summed E-state index contributed by atoms with van der Waals surface area (Å²) in [5.74, 6) is -0.339. The first kappa shape index (κ1) is 18.5. The highest BCUT2D eigenvalue weighted by molar-refractivity contribution is 6.18. The fraction of sp³-hybridized carbons (Fsp3) is 0.273.